The van der Waals surface area contributed by atoms with Crippen LogP contribution in [0, 0.1) is 0 Å². The van der Waals surface area contributed by atoms with Crippen molar-refractivity contribution in [3.05, 3.63) is 0 Å². The molecule has 3 nitrogen and oxygen atoms in total. The topological polar surface area (TPSA) is 36.0 Å². The Hall–Kier alpha value is 0.170. The maximum Gasteiger partial charge on any atom is 0.101 e. The summed E-state index contributed by atoms with van der Waals surface area (Å²) >= 11 is 0. The van der Waals surface area contributed by atoms with Crippen molar-refractivity contribution in [2.75, 3.05) is 7.05 Å². The van der Waals surface area contributed by atoms with Crippen LogP contribution in [0.1, 0.15) is 12.8 Å². The lowest BCUT2D eigenvalue weighted by Gasteiger charge is -2.36. The SMILES string of the molecule is CN1[C@@H]2CC(O)C[C@@H]1[C@H]1O[C@H]12.Cl. The second kappa shape index (κ2) is 2.58. The molecule has 3 aliphatic rings. The minimum atomic E-state index is -0.0717. The van der Waals surface area contributed by atoms with Crippen LogP contribution in [0.5, 0.6) is 0 Å². The number of rotatable bonds is 0. The molecule has 0 radical (unpaired) electrons. The Labute approximate surface area is 78.1 Å². The first kappa shape index (κ1) is 8.75. The number of hydrogen-bond acceptors (Lipinski definition) is 3. The van der Waals surface area contributed by atoms with Crippen LogP contribution in [0.25, 0.3) is 0 Å². The van der Waals surface area contributed by atoms with Gasteiger partial charge >= 0.3 is 0 Å². The molecule has 4 heteroatoms. The molecule has 3 heterocycles. The number of likely N-dealkylation sites (N-methyl/N-ethyl adjacent to an activating group) is 1. The number of morpholine rings is 1. The van der Waals surface area contributed by atoms with Crippen LogP contribution >= 0.6 is 12.4 Å². The Morgan fingerprint density at radius 3 is 2.25 bits per heavy atom. The Kier molecular flexibility index (Phi) is 1.88. The summed E-state index contributed by atoms with van der Waals surface area (Å²) in [5.41, 5.74) is 0. The third-order valence-electron chi connectivity index (χ3n) is 3.39. The first-order valence-corrected chi connectivity index (χ1v) is 4.33. The van der Waals surface area contributed by atoms with E-state index < -0.39 is 0 Å². The molecule has 70 valence electrons. The Morgan fingerprint density at radius 2 is 1.75 bits per heavy atom. The van der Waals surface area contributed by atoms with E-state index in [1.165, 1.54) is 0 Å². The monoisotopic (exact) mass is 191 g/mol. The predicted octanol–water partition coefficient (Wildman–Crippen LogP) is 0.0129. The maximum atomic E-state index is 9.46. The standard InChI is InChI=1S/C8H13NO2.ClH/c1-9-5-2-4(10)3-6(9)8-7(5)11-8;/h4-8,10H,2-3H2,1H3;1H/t4?,5-,6-,7-,8+;/m1./s1. The van der Waals surface area contributed by atoms with Gasteiger partial charge in [0.2, 0.25) is 0 Å². The lowest BCUT2D eigenvalue weighted by atomic mass is 10.00. The summed E-state index contributed by atoms with van der Waals surface area (Å²) in [6.45, 7) is 0. The maximum absolute atomic E-state index is 9.46. The van der Waals surface area contributed by atoms with Crippen molar-refractivity contribution >= 4 is 12.4 Å². The fraction of sp³-hybridized carbons (Fsp3) is 1.00. The van der Waals surface area contributed by atoms with Crippen LogP contribution in [0.2, 0.25) is 0 Å². The van der Waals surface area contributed by atoms with E-state index >= 15 is 0 Å². The van der Waals surface area contributed by atoms with E-state index in [1.54, 1.807) is 0 Å². The molecule has 5 atom stereocenters. The molecule has 2 bridgehead atoms. The highest BCUT2D eigenvalue weighted by Gasteiger charge is 2.62. The molecule has 3 saturated heterocycles. The van der Waals surface area contributed by atoms with Crippen LogP contribution in [0.15, 0.2) is 0 Å². The zero-order chi connectivity index (χ0) is 7.59. The fourth-order valence-corrected chi connectivity index (χ4v) is 2.72. The first-order chi connectivity index (χ1) is 5.27. The molecule has 0 amide bonds. The number of fused-ring (bicyclic) bond motifs is 5. The smallest absolute Gasteiger partial charge is 0.101 e. The Balaban J connectivity index is 0.000000563. The largest absolute Gasteiger partial charge is 0.393 e. The van der Waals surface area contributed by atoms with Crippen molar-refractivity contribution in [2.45, 2.75) is 43.2 Å². The van der Waals surface area contributed by atoms with Crippen LogP contribution in [-0.4, -0.2) is 47.4 Å². The minimum Gasteiger partial charge on any atom is -0.393 e. The number of aliphatic hydroxyl groups is 1. The van der Waals surface area contributed by atoms with Crippen LogP contribution in [0.4, 0.5) is 0 Å². The second-order valence-electron chi connectivity index (χ2n) is 3.99. The summed E-state index contributed by atoms with van der Waals surface area (Å²) in [7, 11) is 2.15. The van der Waals surface area contributed by atoms with Crippen molar-refractivity contribution in [3.63, 3.8) is 0 Å². The Morgan fingerprint density at radius 1 is 1.25 bits per heavy atom. The quantitative estimate of drug-likeness (QED) is 0.549. The summed E-state index contributed by atoms with van der Waals surface area (Å²) in [5.74, 6) is 0. The van der Waals surface area contributed by atoms with Crippen molar-refractivity contribution in [2.24, 2.45) is 0 Å². The molecule has 12 heavy (non-hydrogen) atoms. The number of aliphatic hydroxyl groups excluding tert-OH is 1. The van der Waals surface area contributed by atoms with Crippen LogP contribution < -0.4 is 0 Å². The van der Waals surface area contributed by atoms with Crippen molar-refractivity contribution < 1.29 is 9.84 Å². The molecule has 0 aromatic carbocycles. The van der Waals surface area contributed by atoms with Crippen LogP contribution in [-0.2, 0) is 4.74 Å². The van der Waals surface area contributed by atoms with Gasteiger partial charge in [0.15, 0.2) is 0 Å². The fourth-order valence-electron chi connectivity index (χ4n) is 2.72. The van der Waals surface area contributed by atoms with E-state index in [2.05, 4.69) is 11.9 Å². The molecule has 3 fully saturated rings. The number of ether oxygens (including phenoxy) is 1. The second-order valence-corrected chi connectivity index (χ2v) is 3.99. The molecule has 1 N–H and O–H groups in total. The summed E-state index contributed by atoms with van der Waals surface area (Å²) in [6.07, 6.45) is 2.67. The first-order valence-electron chi connectivity index (χ1n) is 4.33. The molecule has 0 aromatic rings. The van der Waals surface area contributed by atoms with Gasteiger partial charge in [-0.25, -0.2) is 0 Å². The third-order valence-corrected chi connectivity index (χ3v) is 3.39. The van der Waals surface area contributed by atoms with E-state index in [0.717, 1.165) is 12.8 Å². The van der Waals surface area contributed by atoms with E-state index in [-0.39, 0.29) is 18.5 Å². The van der Waals surface area contributed by atoms with E-state index in [1.807, 2.05) is 0 Å². The van der Waals surface area contributed by atoms with Gasteiger partial charge in [-0.3, -0.25) is 4.90 Å². The molecule has 3 aliphatic heterocycles. The molecule has 0 aliphatic carbocycles. The number of epoxide rings is 1. The molecule has 1 unspecified atom stereocenters. The number of hydrogen-bond donors (Lipinski definition) is 1. The zero-order valence-corrected chi connectivity index (χ0v) is 7.83. The van der Waals surface area contributed by atoms with Gasteiger partial charge in [0.05, 0.1) is 6.10 Å². The van der Waals surface area contributed by atoms with Gasteiger partial charge < -0.3 is 9.84 Å². The van der Waals surface area contributed by atoms with Gasteiger partial charge in [0.25, 0.3) is 0 Å². The van der Waals surface area contributed by atoms with E-state index in [0.29, 0.717) is 24.3 Å². The lowest BCUT2D eigenvalue weighted by molar-refractivity contribution is 0.00149. The van der Waals surface area contributed by atoms with Gasteiger partial charge in [0, 0.05) is 12.1 Å². The van der Waals surface area contributed by atoms with Crippen molar-refractivity contribution in [1.82, 2.24) is 4.90 Å². The molecule has 0 spiro atoms. The van der Waals surface area contributed by atoms with Gasteiger partial charge in [-0.05, 0) is 19.9 Å². The molecule has 0 aromatic heterocycles. The molecule has 3 rings (SSSR count). The highest BCUT2D eigenvalue weighted by Crippen LogP contribution is 2.47. The average Bonchev–Trinajstić information content (AvgIpc) is 2.66. The van der Waals surface area contributed by atoms with Crippen molar-refractivity contribution in [1.29, 1.82) is 0 Å². The number of nitrogens with zero attached hydrogens (tertiary/aromatic N) is 1. The Bertz CT molecular complexity index is 183. The van der Waals surface area contributed by atoms with Gasteiger partial charge in [0.1, 0.15) is 12.2 Å². The average molecular weight is 192 g/mol. The summed E-state index contributed by atoms with van der Waals surface area (Å²) < 4.78 is 5.49. The van der Waals surface area contributed by atoms with Gasteiger partial charge in [-0.2, -0.15) is 0 Å². The third kappa shape index (κ3) is 0.940. The van der Waals surface area contributed by atoms with Gasteiger partial charge in [-0.1, -0.05) is 0 Å². The highest BCUT2D eigenvalue weighted by molar-refractivity contribution is 5.85. The normalized spacial score (nSPS) is 56.0. The van der Waals surface area contributed by atoms with Gasteiger partial charge in [-0.15, -0.1) is 12.4 Å². The van der Waals surface area contributed by atoms with Crippen molar-refractivity contribution in [3.8, 4) is 0 Å². The molecule has 0 saturated carbocycles. The summed E-state index contributed by atoms with van der Waals surface area (Å²) in [6, 6.07) is 1.02. The zero-order valence-electron chi connectivity index (χ0n) is 7.01. The summed E-state index contributed by atoms with van der Waals surface area (Å²) in [4.78, 5) is 2.38. The number of halogens is 1. The molecular formula is C8H14ClNO2. The highest BCUT2D eigenvalue weighted by atomic mass is 35.5. The number of piperidine rings is 1. The predicted molar refractivity (Wildman–Crippen MR) is 46.5 cm³/mol. The molecular weight excluding hydrogens is 178 g/mol. The van der Waals surface area contributed by atoms with E-state index in [9.17, 15) is 5.11 Å². The van der Waals surface area contributed by atoms with E-state index in [4.69, 9.17) is 4.74 Å². The summed E-state index contributed by atoms with van der Waals surface area (Å²) in [5, 5.41) is 9.46. The minimum absolute atomic E-state index is 0. The lowest BCUT2D eigenvalue weighted by Crippen LogP contribution is -2.46. The van der Waals surface area contributed by atoms with Crippen LogP contribution in [0.3, 0.4) is 0 Å².